The van der Waals surface area contributed by atoms with Gasteiger partial charge in [-0.25, -0.2) is 4.98 Å². The van der Waals surface area contributed by atoms with Crippen molar-refractivity contribution in [3.8, 4) is 0 Å². The molecule has 0 saturated carbocycles. The second-order valence-corrected chi connectivity index (χ2v) is 5.34. The van der Waals surface area contributed by atoms with Gasteiger partial charge >= 0.3 is 0 Å². The van der Waals surface area contributed by atoms with Crippen LogP contribution >= 0.6 is 0 Å². The van der Waals surface area contributed by atoms with Crippen molar-refractivity contribution in [2.45, 2.75) is 26.3 Å². The van der Waals surface area contributed by atoms with Gasteiger partial charge in [0.1, 0.15) is 5.82 Å². The zero-order valence-corrected chi connectivity index (χ0v) is 12.1. The third-order valence-electron chi connectivity index (χ3n) is 3.64. The van der Waals surface area contributed by atoms with Crippen LogP contribution in [0.3, 0.4) is 0 Å². The number of carbonyl (C=O) groups is 1. The molecule has 21 heavy (non-hydrogen) atoms. The summed E-state index contributed by atoms with van der Waals surface area (Å²) >= 11 is 0. The van der Waals surface area contributed by atoms with E-state index in [-0.39, 0.29) is 5.91 Å². The molecule has 0 radical (unpaired) electrons. The van der Waals surface area contributed by atoms with Crippen LogP contribution in [-0.2, 0) is 6.54 Å². The van der Waals surface area contributed by atoms with Crippen LogP contribution in [0.1, 0.15) is 34.5 Å². The summed E-state index contributed by atoms with van der Waals surface area (Å²) in [5.41, 5.74) is 2.59. The van der Waals surface area contributed by atoms with E-state index in [1.165, 1.54) is 19.0 Å². The Morgan fingerprint density at radius 1 is 1.38 bits per heavy atom. The fraction of sp³-hybridized carbons (Fsp3) is 0.400. The van der Waals surface area contributed by atoms with E-state index >= 15 is 0 Å². The van der Waals surface area contributed by atoms with Gasteiger partial charge in [0.15, 0.2) is 0 Å². The number of nitrogens with one attached hydrogen (secondary N) is 2. The summed E-state index contributed by atoms with van der Waals surface area (Å²) in [7, 11) is 0. The predicted molar refractivity (Wildman–Crippen MR) is 80.2 cm³/mol. The molecule has 0 spiro atoms. The molecule has 0 unspecified atom stereocenters. The Morgan fingerprint density at radius 2 is 2.19 bits per heavy atom. The number of aryl methyl sites for hydroxylation is 1. The number of rotatable bonds is 4. The van der Waals surface area contributed by atoms with Crippen LogP contribution in [0.15, 0.2) is 24.5 Å². The first-order chi connectivity index (χ1) is 10.2. The van der Waals surface area contributed by atoms with Crippen molar-refractivity contribution in [3.05, 3.63) is 41.3 Å². The van der Waals surface area contributed by atoms with Gasteiger partial charge in [-0.2, -0.15) is 5.10 Å². The maximum atomic E-state index is 11.9. The SMILES string of the molecule is Cc1cc(CNC(=O)c2cn[nH]c2)cc(N2CCCC2)n1. The maximum Gasteiger partial charge on any atom is 0.254 e. The Hall–Kier alpha value is -2.37. The van der Waals surface area contributed by atoms with Gasteiger partial charge in [0.25, 0.3) is 5.91 Å². The number of anilines is 1. The van der Waals surface area contributed by atoms with Gasteiger partial charge in [0, 0.05) is 31.5 Å². The smallest absolute Gasteiger partial charge is 0.254 e. The highest BCUT2D eigenvalue weighted by Gasteiger charge is 2.14. The molecule has 6 nitrogen and oxygen atoms in total. The molecule has 2 aromatic heterocycles. The number of nitrogens with zero attached hydrogens (tertiary/aromatic N) is 3. The summed E-state index contributed by atoms with van der Waals surface area (Å²) in [6.45, 7) is 4.61. The van der Waals surface area contributed by atoms with Crippen molar-refractivity contribution in [1.29, 1.82) is 0 Å². The molecule has 1 aliphatic rings. The van der Waals surface area contributed by atoms with Crippen molar-refractivity contribution >= 4 is 11.7 Å². The van der Waals surface area contributed by atoms with E-state index < -0.39 is 0 Å². The van der Waals surface area contributed by atoms with E-state index in [1.54, 1.807) is 6.20 Å². The van der Waals surface area contributed by atoms with Gasteiger partial charge in [-0.3, -0.25) is 9.89 Å². The average molecular weight is 285 g/mol. The minimum Gasteiger partial charge on any atom is -0.357 e. The zero-order valence-electron chi connectivity index (χ0n) is 12.1. The molecule has 2 aromatic rings. The van der Waals surface area contributed by atoms with Crippen molar-refractivity contribution < 1.29 is 4.79 Å². The van der Waals surface area contributed by atoms with Crippen LogP contribution in [0, 0.1) is 6.92 Å². The monoisotopic (exact) mass is 285 g/mol. The second-order valence-electron chi connectivity index (χ2n) is 5.34. The lowest BCUT2D eigenvalue weighted by molar-refractivity contribution is 0.0951. The Balaban J connectivity index is 1.69. The van der Waals surface area contributed by atoms with Crippen LogP contribution in [0.25, 0.3) is 0 Å². The molecule has 3 rings (SSSR count). The Bertz CT molecular complexity index is 617. The van der Waals surface area contributed by atoms with Crippen LogP contribution < -0.4 is 10.2 Å². The van der Waals surface area contributed by atoms with Crippen molar-refractivity contribution in [1.82, 2.24) is 20.5 Å². The van der Waals surface area contributed by atoms with Crippen molar-refractivity contribution in [2.75, 3.05) is 18.0 Å². The Kier molecular flexibility index (Phi) is 3.85. The maximum absolute atomic E-state index is 11.9. The molecular weight excluding hydrogens is 266 g/mol. The fourth-order valence-corrected chi connectivity index (χ4v) is 2.59. The highest BCUT2D eigenvalue weighted by Crippen LogP contribution is 2.20. The van der Waals surface area contributed by atoms with Gasteiger partial charge in [0.2, 0.25) is 0 Å². The number of hydrogen-bond acceptors (Lipinski definition) is 4. The minimum absolute atomic E-state index is 0.124. The molecule has 110 valence electrons. The van der Waals surface area contributed by atoms with Crippen LogP contribution in [0.5, 0.6) is 0 Å². The summed E-state index contributed by atoms with van der Waals surface area (Å²) < 4.78 is 0. The summed E-state index contributed by atoms with van der Waals surface area (Å²) in [5.74, 6) is 0.890. The van der Waals surface area contributed by atoms with Gasteiger partial charge in [-0.15, -0.1) is 0 Å². The van der Waals surface area contributed by atoms with Crippen LogP contribution in [-0.4, -0.2) is 34.2 Å². The second kappa shape index (κ2) is 5.95. The van der Waals surface area contributed by atoms with Gasteiger partial charge in [0.05, 0.1) is 11.8 Å². The molecule has 0 aromatic carbocycles. The molecular formula is C15H19N5O. The summed E-state index contributed by atoms with van der Waals surface area (Å²) in [4.78, 5) is 18.8. The molecule has 1 amide bonds. The molecule has 0 atom stereocenters. The topological polar surface area (TPSA) is 73.9 Å². The largest absolute Gasteiger partial charge is 0.357 e. The van der Waals surface area contributed by atoms with Gasteiger partial charge in [-0.1, -0.05) is 0 Å². The number of pyridine rings is 1. The predicted octanol–water partition coefficient (Wildman–Crippen LogP) is 1.64. The zero-order chi connectivity index (χ0) is 14.7. The van der Waals surface area contributed by atoms with E-state index in [2.05, 4.69) is 31.5 Å². The number of hydrogen-bond donors (Lipinski definition) is 2. The number of aromatic nitrogens is 3. The average Bonchev–Trinajstić information content (AvgIpc) is 3.16. The van der Waals surface area contributed by atoms with E-state index in [0.717, 1.165) is 30.2 Å². The molecule has 1 saturated heterocycles. The number of aromatic amines is 1. The molecule has 3 heterocycles. The van der Waals surface area contributed by atoms with Crippen molar-refractivity contribution in [3.63, 3.8) is 0 Å². The van der Waals surface area contributed by atoms with Crippen LogP contribution in [0.4, 0.5) is 5.82 Å². The van der Waals surface area contributed by atoms with E-state index in [9.17, 15) is 4.79 Å². The molecule has 0 aliphatic carbocycles. The Morgan fingerprint density at radius 3 is 2.90 bits per heavy atom. The first-order valence-electron chi connectivity index (χ1n) is 7.22. The van der Waals surface area contributed by atoms with E-state index in [4.69, 9.17) is 0 Å². The lowest BCUT2D eigenvalue weighted by Crippen LogP contribution is -2.23. The number of carbonyl (C=O) groups excluding carboxylic acids is 1. The lowest BCUT2D eigenvalue weighted by atomic mass is 10.2. The third kappa shape index (κ3) is 3.21. The van der Waals surface area contributed by atoms with Crippen LogP contribution in [0.2, 0.25) is 0 Å². The highest BCUT2D eigenvalue weighted by atomic mass is 16.1. The van der Waals surface area contributed by atoms with Crippen molar-refractivity contribution in [2.24, 2.45) is 0 Å². The standard InChI is InChI=1S/C15H19N5O/c1-11-6-12(7-14(19-11)20-4-2-3-5-20)8-16-15(21)13-9-17-18-10-13/h6-7,9-10H,2-5,8H2,1H3,(H,16,21)(H,17,18). The molecule has 1 aliphatic heterocycles. The molecule has 6 heteroatoms. The summed E-state index contributed by atoms with van der Waals surface area (Å²) in [6.07, 6.45) is 5.55. The van der Waals surface area contributed by atoms with E-state index in [1.807, 2.05) is 13.0 Å². The fourth-order valence-electron chi connectivity index (χ4n) is 2.59. The molecule has 1 fully saturated rings. The number of H-pyrrole nitrogens is 1. The Labute approximate surface area is 123 Å². The summed E-state index contributed by atoms with van der Waals surface area (Å²) in [5, 5.41) is 9.31. The number of amides is 1. The normalized spacial score (nSPS) is 14.4. The van der Waals surface area contributed by atoms with Gasteiger partial charge in [-0.05, 0) is 37.5 Å². The molecule has 2 N–H and O–H groups in total. The molecule has 0 bridgehead atoms. The first-order valence-corrected chi connectivity index (χ1v) is 7.22. The summed E-state index contributed by atoms with van der Waals surface area (Å²) in [6, 6.07) is 4.07. The minimum atomic E-state index is -0.124. The van der Waals surface area contributed by atoms with E-state index in [0.29, 0.717) is 12.1 Å². The first kappa shape index (κ1) is 13.6. The quantitative estimate of drug-likeness (QED) is 0.895. The lowest BCUT2D eigenvalue weighted by Gasteiger charge is -2.18. The highest BCUT2D eigenvalue weighted by molar-refractivity contribution is 5.93. The van der Waals surface area contributed by atoms with Gasteiger partial charge < -0.3 is 10.2 Å². The third-order valence-corrected chi connectivity index (χ3v) is 3.64.